The molecule has 0 rings (SSSR count). The molecule has 0 aliphatic carbocycles. The molecular weight excluding hydrogens is 188 g/mol. The molecule has 2 nitrogen and oxygen atoms in total. The summed E-state index contributed by atoms with van der Waals surface area (Å²) in [5.41, 5.74) is 0. The number of esters is 1. The molecule has 0 saturated heterocycles. The van der Waals surface area contributed by atoms with Gasteiger partial charge >= 0.3 is 5.97 Å². The molecule has 0 aliphatic rings. The lowest BCUT2D eigenvalue weighted by molar-refractivity contribution is -0.139. The molecule has 0 bridgehead atoms. The van der Waals surface area contributed by atoms with Crippen LogP contribution in [-0.4, -0.2) is 5.97 Å². The Morgan fingerprint density at radius 3 is 2.40 bits per heavy atom. The van der Waals surface area contributed by atoms with Crippen molar-refractivity contribution < 1.29 is 9.53 Å². The largest absolute Gasteiger partial charge is 0.431 e. The van der Waals surface area contributed by atoms with Gasteiger partial charge in [0, 0.05) is 12.8 Å². The van der Waals surface area contributed by atoms with E-state index in [1.54, 1.807) is 0 Å². The van der Waals surface area contributed by atoms with Crippen molar-refractivity contribution in [3.8, 4) is 0 Å². The summed E-state index contributed by atoms with van der Waals surface area (Å²) in [6, 6.07) is 0. The van der Waals surface area contributed by atoms with Gasteiger partial charge in [0.05, 0.1) is 0 Å². The Morgan fingerprint density at radius 2 is 1.87 bits per heavy atom. The van der Waals surface area contributed by atoms with Crippen molar-refractivity contribution in [2.75, 3.05) is 0 Å². The predicted octanol–water partition coefficient (Wildman–Crippen LogP) is 4.20. The molecule has 0 spiro atoms. The molecule has 0 fully saturated rings. The SMILES string of the molecule is CC/C=C(/CC)OC(=O)CCCCCC. The van der Waals surface area contributed by atoms with Crippen LogP contribution < -0.4 is 0 Å². The Morgan fingerprint density at radius 1 is 1.13 bits per heavy atom. The van der Waals surface area contributed by atoms with Gasteiger partial charge in [-0.25, -0.2) is 0 Å². The Labute approximate surface area is 93.7 Å². The van der Waals surface area contributed by atoms with E-state index in [0.717, 1.165) is 31.4 Å². The molecule has 0 saturated carbocycles. The highest BCUT2D eigenvalue weighted by atomic mass is 16.5. The molecule has 0 atom stereocenters. The molecule has 0 aromatic heterocycles. The Balaban J connectivity index is 3.67. The molecule has 0 unspecified atom stereocenters. The number of hydrogen-bond donors (Lipinski definition) is 0. The number of carbonyl (C=O) groups excluding carboxylic acids is 1. The molecule has 0 aromatic carbocycles. The third-order valence-electron chi connectivity index (χ3n) is 2.26. The maximum Gasteiger partial charge on any atom is 0.310 e. The average molecular weight is 212 g/mol. The molecule has 88 valence electrons. The van der Waals surface area contributed by atoms with Gasteiger partial charge in [-0.3, -0.25) is 4.79 Å². The Bertz CT molecular complexity index is 195. The molecule has 0 radical (unpaired) electrons. The van der Waals surface area contributed by atoms with Crippen LogP contribution in [0.4, 0.5) is 0 Å². The van der Waals surface area contributed by atoms with E-state index < -0.39 is 0 Å². The fraction of sp³-hybridized carbons (Fsp3) is 0.769. The van der Waals surface area contributed by atoms with Gasteiger partial charge in [-0.15, -0.1) is 0 Å². The highest BCUT2D eigenvalue weighted by Crippen LogP contribution is 2.09. The van der Waals surface area contributed by atoms with Crippen LogP contribution in [0.3, 0.4) is 0 Å². The van der Waals surface area contributed by atoms with Crippen LogP contribution in [0.25, 0.3) is 0 Å². The van der Waals surface area contributed by atoms with E-state index in [1.165, 1.54) is 12.8 Å². The van der Waals surface area contributed by atoms with Gasteiger partial charge in [0.25, 0.3) is 0 Å². The standard InChI is InChI=1S/C13H24O2/c1-4-7-8-9-11-13(14)15-12(6-3)10-5-2/h10H,4-9,11H2,1-3H3/b12-10-. The summed E-state index contributed by atoms with van der Waals surface area (Å²) >= 11 is 0. The second-order valence-electron chi connectivity index (χ2n) is 3.72. The molecule has 0 amide bonds. The second kappa shape index (κ2) is 9.75. The van der Waals surface area contributed by atoms with E-state index in [0.29, 0.717) is 6.42 Å². The molecule has 15 heavy (non-hydrogen) atoms. The van der Waals surface area contributed by atoms with Crippen molar-refractivity contribution >= 4 is 5.97 Å². The summed E-state index contributed by atoms with van der Waals surface area (Å²) in [6.07, 6.45) is 8.75. The van der Waals surface area contributed by atoms with Crippen molar-refractivity contribution in [1.82, 2.24) is 0 Å². The first-order valence-electron chi connectivity index (χ1n) is 6.14. The van der Waals surface area contributed by atoms with E-state index in [2.05, 4.69) is 6.92 Å². The molecule has 0 N–H and O–H groups in total. The molecule has 0 aliphatic heterocycles. The van der Waals surface area contributed by atoms with Crippen LogP contribution in [0, 0.1) is 0 Å². The lowest BCUT2D eigenvalue weighted by Gasteiger charge is -2.06. The van der Waals surface area contributed by atoms with Crippen LogP contribution in [0.15, 0.2) is 11.8 Å². The quantitative estimate of drug-likeness (QED) is 0.342. The predicted molar refractivity (Wildman–Crippen MR) is 63.5 cm³/mol. The van der Waals surface area contributed by atoms with Gasteiger partial charge in [0.15, 0.2) is 0 Å². The highest BCUT2D eigenvalue weighted by molar-refractivity contribution is 5.70. The second-order valence-corrected chi connectivity index (χ2v) is 3.72. The van der Waals surface area contributed by atoms with Crippen LogP contribution in [0.5, 0.6) is 0 Å². The first-order valence-corrected chi connectivity index (χ1v) is 6.14. The molecule has 0 aromatic rings. The van der Waals surface area contributed by atoms with Crippen LogP contribution in [0.2, 0.25) is 0 Å². The van der Waals surface area contributed by atoms with E-state index in [-0.39, 0.29) is 5.97 Å². The van der Waals surface area contributed by atoms with E-state index in [1.807, 2.05) is 19.9 Å². The van der Waals surface area contributed by atoms with Crippen LogP contribution in [0.1, 0.15) is 65.7 Å². The summed E-state index contributed by atoms with van der Waals surface area (Å²) < 4.78 is 5.24. The monoisotopic (exact) mass is 212 g/mol. The Hall–Kier alpha value is -0.790. The minimum Gasteiger partial charge on any atom is -0.431 e. The summed E-state index contributed by atoms with van der Waals surface area (Å²) in [4.78, 5) is 11.4. The van der Waals surface area contributed by atoms with Gasteiger partial charge < -0.3 is 4.74 Å². The topological polar surface area (TPSA) is 26.3 Å². The number of rotatable bonds is 8. The van der Waals surface area contributed by atoms with Gasteiger partial charge in [-0.1, -0.05) is 40.0 Å². The molecular formula is C13H24O2. The molecule has 0 heterocycles. The number of unbranched alkanes of at least 4 members (excludes halogenated alkanes) is 3. The van der Waals surface area contributed by atoms with Crippen molar-refractivity contribution in [2.45, 2.75) is 65.7 Å². The number of hydrogen-bond acceptors (Lipinski definition) is 2. The normalized spacial score (nSPS) is 11.5. The highest BCUT2D eigenvalue weighted by Gasteiger charge is 2.04. The summed E-state index contributed by atoms with van der Waals surface area (Å²) in [5.74, 6) is 0.741. The zero-order chi connectivity index (χ0) is 11.5. The van der Waals surface area contributed by atoms with Crippen LogP contribution in [-0.2, 0) is 9.53 Å². The first-order chi connectivity index (χ1) is 7.24. The first kappa shape index (κ1) is 14.2. The van der Waals surface area contributed by atoms with Crippen LogP contribution >= 0.6 is 0 Å². The van der Waals surface area contributed by atoms with E-state index in [9.17, 15) is 4.79 Å². The van der Waals surface area contributed by atoms with Gasteiger partial charge in [-0.05, 0) is 18.9 Å². The fourth-order valence-electron chi connectivity index (χ4n) is 1.38. The maximum atomic E-state index is 11.4. The number of carbonyl (C=O) groups is 1. The third kappa shape index (κ3) is 8.22. The minimum atomic E-state index is -0.0762. The summed E-state index contributed by atoms with van der Waals surface area (Å²) in [6.45, 7) is 6.22. The van der Waals surface area contributed by atoms with Crippen molar-refractivity contribution in [3.63, 3.8) is 0 Å². The fourth-order valence-corrected chi connectivity index (χ4v) is 1.38. The molecule has 2 heteroatoms. The van der Waals surface area contributed by atoms with Crippen molar-refractivity contribution in [3.05, 3.63) is 11.8 Å². The smallest absolute Gasteiger partial charge is 0.310 e. The zero-order valence-electron chi connectivity index (χ0n) is 10.3. The summed E-state index contributed by atoms with van der Waals surface area (Å²) in [5, 5.41) is 0. The summed E-state index contributed by atoms with van der Waals surface area (Å²) in [7, 11) is 0. The number of ether oxygens (including phenoxy) is 1. The Kier molecular flexibility index (Phi) is 9.24. The average Bonchev–Trinajstić information content (AvgIpc) is 2.24. The zero-order valence-corrected chi connectivity index (χ0v) is 10.3. The lowest BCUT2D eigenvalue weighted by Crippen LogP contribution is -2.03. The van der Waals surface area contributed by atoms with Crippen molar-refractivity contribution in [1.29, 1.82) is 0 Å². The van der Waals surface area contributed by atoms with Gasteiger partial charge in [-0.2, -0.15) is 0 Å². The number of allylic oxidation sites excluding steroid dienone is 2. The van der Waals surface area contributed by atoms with Gasteiger partial charge in [0.2, 0.25) is 0 Å². The van der Waals surface area contributed by atoms with Gasteiger partial charge in [0.1, 0.15) is 5.76 Å². The lowest BCUT2D eigenvalue weighted by atomic mass is 10.1. The van der Waals surface area contributed by atoms with E-state index >= 15 is 0 Å². The van der Waals surface area contributed by atoms with E-state index in [4.69, 9.17) is 4.74 Å². The van der Waals surface area contributed by atoms with Crippen molar-refractivity contribution in [2.24, 2.45) is 0 Å². The third-order valence-corrected chi connectivity index (χ3v) is 2.26. The maximum absolute atomic E-state index is 11.4. The minimum absolute atomic E-state index is 0.0762.